The first-order valence-electron chi connectivity index (χ1n) is 6.55. The van der Waals surface area contributed by atoms with Crippen LogP contribution in [-0.4, -0.2) is 5.25 Å². The Morgan fingerprint density at radius 3 is 1.78 bits per heavy atom. The van der Waals surface area contributed by atoms with Gasteiger partial charge in [0, 0.05) is 10.1 Å². The van der Waals surface area contributed by atoms with E-state index in [9.17, 15) is 0 Å². The number of benzene rings is 2. The Labute approximate surface area is 114 Å². The van der Waals surface area contributed by atoms with Gasteiger partial charge in [-0.25, -0.2) is 0 Å². The molecular formula is C17H20S. The summed E-state index contributed by atoms with van der Waals surface area (Å²) in [4.78, 5) is 1.35. The maximum atomic E-state index is 2.22. The molecule has 0 atom stereocenters. The average Bonchev–Trinajstić information content (AvgIpc) is 2.39. The molecule has 0 amide bonds. The second kappa shape index (κ2) is 6.10. The highest BCUT2D eigenvalue weighted by molar-refractivity contribution is 7.99. The van der Waals surface area contributed by atoms with Crippen LogP contribution in [0.5, 0.6) is 0 Å². The fourth-order valence-corrected chi connectivity index (χ4v) is 2.77. The van der Waals surface area contributed by atoms with Crippen molar-refractivity contribution in [3.8, 4) is 11.1 Å². The quantitative estimate of drug-likeness (QED) is 0.658. The van der Waals surface area contributed by atoms with Crippen molar-refractivity contribution in [1.29, 1.82) is 0 Å². The van der Waals surface area contributed by atoms with Gasteiger partial charge in [0.25, 0.3) is 0 Å². The van der Waals surface area contributed by atoms with Crippen molar-refractivity contribution in [2.75, 3.05) is 0 Å². The van der Waals surface area contributed by atoms with Crippen LogP contribution in [0.1, 0.15) is 26.3 Å². The van der Waals surface area contributed by atoms with E-state index in [1.807, 2.05) is 11.8 Å². The molecule has 0 heterocycles. The zero-order valence-corrected chi connectivity index (χ0v) is 12.1. The molecule has 0 aromatic heterocycles. The minimum absolute atomic E-state index is 0.639. The van der Waals surface area contributed by atoms with Crippen LogP contribution in [0.2, 0.25) is 0 Å². The van der Waals surface area contributed by atoms with Crippen LogP contribution in [0.3, 0.4) is 0 Å². The predicted octanol–water partition coefficient (Wildman–Crippen LogP) is 5.42. The first-order chi connectivity index (χ1) is 8.69. The maximum Gasteiger partial charge on any atom is 0.00749 e. The van der Waals surface area contributed by atoms with Gasteiger partial charge in [-0.1, -0.05) is 57.2 Å². The summed E-state index contributed by atoms with van der Waals surface area (Å²) in [5.74, 6) is 0. The smallest absolute Gasteiger partial charge is 0.00749 e. The number of aryl methyl sites for hydroxylation is 1. The molecule has 2 aromatic carbocycles. The molecule has 94 valence electrons. The highest BCUT2D eigenvalue weighted by atomic mass is 32.2. The normalized spacial score (nSPS) is 10.9. The Hall–Kier alpha value is -1.21. The first-order valence-corrected chi connectivity index (χ1v) is 7.43. The maximum absolute atomic E-state index is 2.22. The van der Waals surface area contributed by atoms with Gasteiger partial charge in [-0.3, -0.25) is 0 Å². The van der Waals surface area contributed by atoms with Crippen LogP contribution in [0, 0.1) is 0 Å². The van der Waals surface area contributed by atoms with E-state index in [1.54, 1.807) is 0 Å². The lowest BCUT2D eigenvalue weighted by Gasteiger charge is -2.07. The lowest BCUT2D eigenvalue weighted by atomic mass is 10.0. The van der Waals surface area contributed by atoms with Gasteiger partial charge in [-0.2, -0.15) is 0 Å². The van der Waals surface area contributed by atoms with Crippen molar-refractivity contribution in [1.82, 2.24) is 0 Å². The van der Waals surface area contributed by atoms with E-state index in [4.69, 9.17) is 0 Å². The molecule has 0 nitrogen and oxygen atoms in total. The van der Waals surface area contributed by atoms with Gasteiger partial charge in [0.05, 0.1) is 0 Å². The second-order valence-electron chi connectivity index (χ2n) is 4.74. The van der Waals surface area contributed by atoms with E-state index >= 15 is 0 Å². The molecule has 18 heavy (non-hydrogen) atoms. The Kier molecular flexibility index (Phi) is 4.48. The Morgan fingerprint density at radius 2 is 1.33 bits per heavy atom. The third-order valence-electron chi connectivity index (χ3n) is 2.92. The zero-order chi connectivity index (χ0) is 13.0. The molecule has 0 N–H and O–H groups in total. The zero-order valence-electron chi connectivity index (χ0n) is 11.3. The molecule has 0 unspecified atom stereocenters. The van der Waals surface area contributed by atoms with Crippen molar-refractivity contribution in [3.63, 3.8) is 0 Å². The van der Waals surface area contributed by atoms with E-state index in [0.29, 0.717) is 5.25 Å². The fraction of sp³-hybridized carbons (Fsp3) is 0.294. The third-order valence-corrected chi connectivity index (χ3v) is 3.94. The van der Waals surface area contributed by atoms with Crippen LogP contribution >= 0.6 is 11.8 Å². The molecule has 0 saturated carbocycles. The molecule has 0 radical (unpaired) electrons. The Balaban J connectivity index is 2.17. The van der Waals surface area contributed by atoms with Gasteiger partial charge in [0.1, 0.15) is 0 Å². The van der Waals surface area contributed by atoms with Crippen LogP contribution < -0.4 is 0 Å². The van der Waals surface area contributed by atoms with Gasteiger partial charge < -0.3 is 0 Å². The topological polar surface area (TPSA) is 0 Å². The molecular weight excluding hydrogens is 236 g/mol. The van der Waals surface area contributed by atoms with Gasteiger partial charge >= 0.3 is 0 Å². The van der Waals surface area contributed by atoms with E-state index in [2.05, 4.69) is 69.3 Å². The molecule has 0 spiro atoms. The van der Waals surface area contributed by atoms with Gasteiger partial charge in [0.15, 0.2) is 0 Å². The Morgan fingerprint density at radius 1 is 0.833 bits per heavy atom. The van der Waals surface area contributed by atoms with Gasteiger partial charge in [-0.05, 0) is 35.2 Å². The number of hydrogen-bond donors (Lipinski definition) is 0. The third kappa shape index (κ3) is 3.39. The minimum Gasteiger partial charge on any atom is -0.123 e. The summed E-state index contributed by atoms with van der Waals surface area (Å²) in [6, 6.07) is 17.7. The van der Waals surface area contributed by atoms with Gasteiger partial charge in [-0.15, -0.1) is 11.8 Å². The molecule has 1 heteroatoms. The van der Waals surface area contributed by atoms with E-state index < -0.39 is 0 Å². The molecule has 0 bridgehead atoms. The summed E-state index contributed by atoms with van der Waals surface area (Å²) >= 11 is 1.91. The van der Waals surface area contributed by atoms with E-state index in [0.717, 1.165) is 6.42 Å². The summed E-state index contributed by atoms with van der Waals surface area (Å²) in [5, 5.41) is 0.639. The number of thioether (sulfide) groups is 1. The van der Waals surface area contributed by atoms with E-state index in [1.165, 1.54) is 21.6 Å². The standard InChI is InChI=1S/C17H20S/c1-4-14-5-7-15(8-6-14)16-9-11-17(12-10-16)18-13(2)3/h5-13H,4H2,1-3H3. The molecule has 0 saturated heterocycles. The largest absolute Gasteiger partial charge is 0.123 e. The van der Waals surface area contributed by atoms with Crippen molar-refractivity contribution in [3.05, 3.63) is 54.1 Å². The van der Waals surface area contributed by atoms with Gasteiger partial charge in [0.2, 0.25) is 0 Å². The summed E-state index contributed by atoms with van der Waals surface area (Å²) in [5.41, 5.74) is 3.99. The lowest BCUT2D eigenvalue weighted by Crippen LogP contribution is -1.86. The molecule has 2 aromatic rings. The number of hydrogen-bond acceptors (Lipinski definition) is 1. The second-order valence-corrected chi connectivity index (χ2v) is 6.39. The molecule has 0 aliphatic rings. The summed E-state index contributed by atoms with van der Waals surface area (Å²) in [7, 11) is 0. The monoisotopic (exact) mass is 256 g/mol. The average molecular weight is 256 g/mol. The van der Waals surface area contributed by atoms with Crippen molar-refractivity contribution < 1.29 is 0 Å². The van der Waals surface area contributed by atoms with E-state index in [-0.39, 0.29) is 0 Å². The first kappa shape index (κ1) is 13.2. The highest BCUT2D eigenvalue weighted by Crippen LogP contribution is 2.26. The molecule has 0 fully saturated rings. The van der Waals surface area contributed by atoms with Crippen molar-refractivity contribution in [2.24, 2.45) is 0 Å². The summed E-state index contributed by atoms with van der Waals surface area (Å²) in [6.45, 7) is 6.64. The van der Waals surface area contributed by atoms with Crippen LogP contribution in [0.15, 0.2) is 53.4 Å². The SMILES string of the molecule is CCc1ccc(-c2ccc(SC(C)C)cc2)cc1. The number of rotatable bonds is 4. The van der Waals surface area contributed by atoms with Crippen LogP contribution in [0.4, 0.5) is 0 Å². The fourth-order valence-electron chi connectivity index (χ4n) is 1.93. The minimum atomic E-state index is 0.639. The van der Waals surface area contributed by atoms with Crippen molar-refractivity contribution in [2.45, 2.75) is 37.3 Å². The van der Waals surface area contributed by atoms with Crippen molar-refractivity contribution >= 4 is 11.8 Å². The molecule has 0 aliphatic heterocycles. The Bertz CT molecular complexity index is 480. The highest BCUT2D eigenvalue weighted by Gasteiger charge is 2.00. The molecule has 2 rings (SSSR count). The summed E-state index contributed by atoms with van der Waals surface area (Å²) in [6.07, 6.45) is 1.10. The summed E-state index contributed by atoms with van der Waals surface area (Å²) < 4.78 is 0. The van der Waals surface area contributed by atoms with Crippen LogP contribution in [0.25, 0.3) is 11.1 Å². The lowest BCUT2D eigenvalue weighted by molar-refractivity contribution is 1.11. The molecule has 0 aliphatic carbocycles. The predicted molar refractivity (Wildman–Crippen MR) is 82.2 cm³/mol. The van der Waals surface area contributed by atoms with Crippen LogP contribution in [-0.2, 0) is 6.42 Å².